The Hall–Kier alpha value is -3.22. The molecule has 3 aromatic rings. The van der Waals surface area contributed by atoms with Crippen molar-refractivity contribution in [3.05, 3.63) is 74.6 Å². The van der Waals surface area contributed by atoms with Gasteiger partial charge in [-0.1, -0.05) is 12.1 Å². The Labute approximate surface area is 161 Å². The number of H-pyrrole nitrogens is 1. The van der Waals surface area contributed by atoms with Gasteiger partial charge in [-0.25, -0.2) is 4.39 Å². The summed E-state index contributed by atoms with van der Waals surface area (Å²) in [7, 11) is 1.67. The predicted octanol–water partition coefficient (Wildman–Crippen LogP) is 2.73. The molecule has 1 aliphatic heterocycles. The minimum absolute atomic E-state index is 0.201. The molecule has 0 aliphatic carbocycles. The molecule has 0 spiro atoms. The Balaban J connectivity index is 1.70. The van der Waals surface area contributed by atoms with Crippen molar-refractivity contribution >= 4 is 5.91 Å². The van der Waals surface area contributed by atoms with Crippen LogP contribution in [0.2, 0.25) is 0 Å². The van der Waals surface area contributed by atoms with Crippen LogP contribution in [-0.2, 0) is 20.0 Å². The van der Waals surface area contributed by atoms with Crippen LogP contribution < -0.4 is 5.56 Å². The highest BCUT2D eigenvalue weighted by atomic mass is 19.1. The summed E-state index contributed by atoms with van der Waals surface area (Å²) >= 11 is 0. The van der Waals surface area contributed by atoms with Crippen molar-refractivity contribution in [1.82, 2.24) is 19.7 Å². The molecule has 1 N–H and O–H groups in total. The maximum absolute atomic E-state index is 13.6. The van der Waals surface area contributed by atoms with E-state index in [0.717, 1.165) is 17.0 Å². The molecule has 6 nitrogen and oxygen atoms in total. The second-order valence-electron chi connectivity index (χ2n) is 7.22. The SMILES string of the molecule is Cc1cc(C)n(C)c(=O)c1C(=O)N1CCc2[nH]nc(-c3cccc(F)c3)c2C1. The van der Waals surface area contributed by atoms with Crippen molar-refractivity contribution in [1.29, 1.82) is 0 Å². The van der Waals surface area contributed by atoms with E-state index in [2.05, 4.69) is 10.2 Å². The molecule has 1 aromatic carbocycles. The maximum atomic E-state index is 13.6. The number of pyridine rings is 1. The Morgan fingerprint density at radius 2 is 2.04 bits per heavy atom. The zero-order valence-corrected chi connectivity index (χ0v) is 16.0. The summed E-state index contributed by atoms with van der Waals surface area (Å²) in [6, 6.07) is 8.09. The van der Waals surface area contributed by atoms with Gasteiger partial charge in [-0.15, -0.1) is 0 Å². The fourth-order valence-electron chi connectivity index (χ4n) is 3.74. The van der Waals surface area contributed by atoms with Gasteiger partial charge in [0.05, 0.1) is 5.69 Å². The van der Waals surface area contributed by atoms with Crippen LogP contribution in [0.3, 0.4) is 0 Å². The molecule has 3 heterocycles. The van der Waals surface area contributed by atoms with E-state index in [1.165, 1.54) is 16.7 Å². The molecular weight excluding hydrogens is 359 g/mol. The fraction of sp³-hybridized carbons (Fsp3) is 0.286. The first-order valence-electron chi connectivity index (χ1n) is 9.15. The summed E-state index contributed by atoms with van der Waals surface area (Å²) in [6.07, 6.45) is 0.606. The van der Waals surface area contributed by atoms with E-state index in [-0.39, 0.29) is 22.8 Å². The first kappa shape index (κ1) is 18.2. The first-order valence-corrected chi connectivity index (χ1v) is 9.15. The second-order valence-corrected chi connectivity index (χ2v) is 7.22. The van der Waals surface area contributed by atoms with Crippen molar-refractivity contribution in [3.63, 3.8) is 0 Å². The van der Waals surface area contributed by atoms with Crippen LogP contribution in [0.4, 0.5) is 4.39 Å². The number of halogens is 1. The van der Waals surface area contributed by atoms with Gasteiger partial charge in [0.1, 0.15) is 11.4 Å². The normalized spacial score (nSPS) is 13.5. The number of amides is 1. The van der Waals surface area contributed by atoms with Crippen LogP contribution in [0.1, 0.15) is 32.9 Å². The van der Waals surface area contributed by atoms with E-state index in [4.69, 9.17) is 0 Å². The highest BCUT2D eigenvalue weighted by Gasteiger charge is 2.29. The molecule has 1 aliphatic rings. The van der Waals surface area contributed by atoms with Crippen LogP contribution in [-0.4, -0.2) is 32.1 Å². The maximum Gasteiger partial charge on any atom is 0.263 e. The van der Waals surface area contributed by atoms with Crippen molar-refractivity contribution < 1.29 is 9.18 Å². The predicted molar refractivity (Wildman–Crippen MR) is 104 cm³/mol. The average molecular weight is 380 g/mol. The molecule has 0 bridgehead atoms. The van der Waals surface area contributed by atoms with E-state index < -0.39 is 0 Å². The highest BCUT2D eigenvalue weighted by Crippen LogP contribution is 2.29. The summed E-state index contributed by atoms with van der Waals surface area (Å²) in [6.45, 7) is 4.44. The highest BCUT2D eigenvalue weighted by molar-refractivity contribution is 5.95. The van der Waals surface area contributed by atoms with Gasteiger partial charge in [-0.3, -0.25) is 14.7 Å². The van der Waals surface area contributed by atoms with Crippen molar-refractivity contribution in [2.75, 3.05) is 6.54 Å². The van der Waals surface area contributed by atoms with Gasteiger partial charge in [0, 0.05) is 49.1 Å². The number of carbonyl (C=O) groups is 1. The third-order valence-electron chi connectivity index (χ3n) is 5.40. The van der Waals surface area contributed by atoms with Gasteiger partial charge in [0.15, 0.2) is 0 Å². The molecule has 0 radical (unpaired) electrons. The Morgan fingerprint density at radius 3 is 2.79 bits per heavy atom. The number of rotatable bonds is 2. The Bertz CT molecular complexity index is 1150. The number of carbonyl (C=O) groups excluding carboxylic acids is 1. The van der Waals surface area contributed by atoms with E-state index >= 15 is 0 Å². The minimum Gasteiger partial charge on any atom is -0.334 e. The number of fused-ring (bicyclic) bond motifs is 1. The summed E-state index contributed by atoms with van der Waals surface area (Å²) in [5.74, 6) is -0.619. The molecule has 7 heteroatoms. The molecule has 0 saturated carbocycles. The summed E-state index contributed by atoms with van der Waals surface area (Å²) < 4.78 is 15.1. The van der Waals surface area contributed by atoms with Crippen LogP contribution in [0, 0.1) is 19.7 Å². The number of hydrogen-bond acceptors (Lipinski definition) is 3. The second kappa shape index (κ2) is 6.74. The summed E-state index contributed by atoms with van der Waals surface area (Å²) in [4.78, 5) is 27.5. The minimum atomic E-state index is -0.336. The van der Waals surface area contributed by atoms with Crippen LogP contribution in [0.5, 0.6) is 0 Å². The molecule has 144 valence electrons. The lowest BCUT2D eigenvalue weighted by atomic mass is 9.99. The molecule has 0 fully saturated rings. The van der Waals surface area contributed by atoms with Gasteiger partial charge in [0.2, 0.25) is 0 Å². The van der Waals surface area contributed by atoms with Gasteiger partial charge in [0.25, 0.3) is 11.5 Å². The third-order valence-corrected chi connectivity index (χ3v) is 5.40. The average Bonchev–Trinajstić information content (AvgIpc) is 3.09. The lowest BCUT2D eigenvalue weighted by molar-refractivity contribution is 0.0731. The topological polar surface area (TPSA) is 71.0 Å². The number of hydrogen-bond donors (Lipinski definition) is 1. The fourth-order valence-corrected chi connectivity index (χ4v) is 3.74. The number of aromatic nitrogens is 3. The summed E-state index contributed by atoms with van der Waals surface area (Å²) in [5, 5.41) is 7.35. The monoisotopic (exact) mass is 380 g/mol. The molecule has 28 heavy (non-hydrogen) atoms. The first-order chi connectivity index (χ1) is 13.4. The van der Waals surface area contributed by atoms with Crippen LogP contribution in [0.25, 0.3) is 11.3 Å². The number of benzene rings is 1. The van der Waals surface area contributed by atoms with Crippen molar-refractivity contribution in [2.24, 2.45) is 7.05 Å². The zero-order chi connectivity index (χ0) is 20.0. The van der Waals surface area contributed by atoms with Gasteiger partial charge in [-0.2, -0.15) is 5.10 Å². The smallest absolute Gasteiger partial charge is 0.263 e. The number of aryl methyl sites for hydroxylation is 2. The largest absolute Gasteiger partial charge is 0.334 e. The number of aromatic amines is 1. The number of nitrogens with one attached hydrogen (secondary N) is 1. The van der Waals surface area contributed by atoms with E-state index in [0.29, 0.717) is 36.3 Å². The third kappa shape index (κ3) is 2.93. The van der Waals surface area contributed by atoms with E-state index in [1.807, 2.05) is 13.0 Å². The number of nitrogens with zero attached hydrogens (tertiary/aromatic N) is 3. The van der Waals surface area contributed by atoms with Crippen molar-refractivity contribution in [2.45, 2.75) is 26.8 Å². The zero-order valence-electron chi connectivity index (χ0n) is 16.0. The quantitative estimate of drug-likeness (QED) is 0.743. The molecule has 4 rings (SSSR count). The van der Waals surface area contributed by atoms with Gasteiger partial charge in [-0.05, 0) is 37.6 Å². The molecular formula is C21H21FN4O2. The molecule has 0 atom stereocenters. The van der Waals surface area contributed by atoms with Gasteiger partial charge < -0.3 is 9.47 Å². The Morgan fingerprint density at radius 1 is 1.25 bits per heavy atom. The van der Waals surface area contributed by atoms with Crippen molar-refractivity contribution in [3.8, 4) is 11.3 Å². The van der Waals surface area contributed by atoms with Crippen LogP contribution >= 0.6 is 0 Å². The summed E-state index contributed by atoms with van der Waals surface area (Å²) in [5.41, 5.74) is 4.51. The Kier molecular flexibility index (Phi) is 4.37. The van der Waals surface area contributed by atoms with Crippen LogP contribution in [0.15, 0.2) is 35.1 Å². The molecule has 0 saturated heterocycles. The molecule has 1 amide bonds. The standard InChI is InChI=1S/C21H21FN4O2/c1-12-9-13(2)25(3)20(27)18(12)21(28)26-8-7-17-16(11-26)19(24-23-17)14-5-4-6-15(22)10-14/h4-6,9-10H,7-8,11H2,1-3H3,(H,23,24). The lowest BCUT2D eigenvalue weighted by Gasteiger charge is -2.28. The molecule has 2 aromatic heterocycles. The van der Waals surface area contributed by atoms with E-state index in [1.54, 1.807) is 31.0 Å². The molecule has 0 unspecified atom stereocenters. The van der Waals surface area contributed by atoms with E-state index in [9.17, 15) is 14.0 Å². The lowest BCUT2D eigenvalue weighted by Crippen LogP contribution is -2.40. The van der Waals surface area contributed by atoms with Gasteiger partial charge >= 0.3 is 0 Å².